The molecule has 8 nitrogen and oxygen atoms in total. The molecule has 0 fully saturated rings. The predicted octanol–water partition coefficient (Wildman–Crippen LogP) is 2.92. The number of hydrogen-bond acceptors (Lipinski definition) is 7. The van der Waals surface area contributed by atoms with E-state index in [4.69, 9.17) is 15.2 Å². The molecule has 3 aromatic rings. The summed E-state index contributed by atoms with van der Waals surface area (Å²) in [7, 11) is 0. The normalized spacial score (nSPS) is 10.3. The molecule has 9 heteroatoms. The Morgan fingerprint density at radius 3 is 2.30 bits per heavy atom. The number of hydrogen-bond donors (Lipinski definition) is 2. The molecule has 0 unspecified atom stereocenters. The number of benzene rings is 2. The van der Waals surface area contributed by atoms with Crippen LogP contribution in [0.15, 0.2) is 53.9 Å². The van der Waals surface area contributed by atoms with Crippen molar-refractivity contribution in [1.82, 2.24) is 4.98 Å². The van der Waals surface area contributed by atoms with Crippen LogP contribution in [0.3, 0.4) is 0 Å². The number of carbonyl (C=O) groups is 3. The fourth-order valence-corrected chi connectivity index (χ4v) is 3.05. The highest BCUT2D eigenvalue weighted by Gasteiger charge is 2.11. The molecule has 0 aliphatic carbocycles. The first-order valence-electron chi connectivity index (χ1n) is 8.91. The fraction of sp³-hybridized carbons (Fsp3) is 0.143. The molecule has 1 heterocycles. The van der Waals surface area contributed by atoms with Gasteiger partial charge in [-0.3, -0.25) is 9.59 Å². The van der Waals surface area contributed by atoms with Crippen molar-refractivity contribution in [3.63, 3.8) is 0 Å². The molecule has 1 aromatic heterocycles. The maximum atomic E-state index is 12.1. The molecule has 0 bridgehead atoms. The van der Waals surface area contributed by atoms with E-state index in [0.717, 1.165) is 10.7 Å². The SMILES string of the molecule is Cc1nc(COc2ccc(C(=O)OCC(=O)Nc3ccc(C(N)=O)cc3)cc2)cs1. The minimum Gasteiger partial charge on any atom is -0.487 e. The number of nitrogens with one attached hydrogen (secondary N) is 1. The molecular weight excluding hydrogens is 406 g/mol. The lowest BCUT2D eigenvalue weighted by atomic mass is 10.2. The summed E-state index contributed by atoms with van der Waals surface area (Å²) in [5, 5.41) is 5.46. The van der Waals surface area contributed by atoms with Crippen LogP contribution in [0.25, 0.3) is 0 Å². The quantitative estimate of drug-likeness (QED) is 0.535. The third-order valence-electron chi connectivity index (χ3n) is 3.93. The smallest absolute Gasteiger partial charge is 0.338 e. The Bertz CT molecular complexity index is 1050. The third kappa shape index (κ3) is 5.89. The van der Waals surface area contributed by atoms with Gasteiger partial charge in [-0.05, 0) is 55.5 Å². The first-order chi connectivity index (χ1) is 14.4. The van der Waals surface area contributed by atoms with E-state index in [2.05, 4.69) is 10.3 Å². The summed E-state index contributed by atoms with van der Waals surface area (Å²) in [6.07, 6.45) is 0. The van der Waals surface area contributed by atoms with Crippen LogP contribution in [-0.2, 0) is 16.1 Å². The summed E-state index contributed by atoms with van der Waals surface area (Å²) in [5.74, 6) is -1.10. The lowest BCUT2D eigenvalue weighted by Crippen LogP contribution is -2.21. The van der Waals surface area contributed by atoms with Gasteiger partial charge in [-0.2, -0.15) is 0 Å². The summed E-state index contributed by atoms with van der Waals surface area (Å²) in [6.45, 7) is 1.82. The Labute approximate surface area is 176 Å². The van der Waals surface area contributed by atoms with E-state index in [1.807, 2.05) is 12.3 Å². The van der Waals surface area contributed by atoms with Gasteiger partial charge in [0.2, 0.25) is 5.91 Å². The Balaban J connectivity index is 1.45. The molecule has 0 aliphatic heterocycles. The number of aryl methyl sites for hydroxylation is 1. The zero-order valence-electron chi connectivity index (χ0n) is 16.1. The van der Waals surface area contributed by atoms with E-state index in [0.29, 0.717) is 29.2 Å². The molecule has 2 amide bonds. The highest BCUT2D eigenvalue weighted by Crippen LogP contribution is 2.16. The summed E-state index contributed by atoms with van der Waals surface area (Å²) in [4.78, 5) is 39.4. The van der Waals surface area contributed by atoms with E-state index in [9.17, 15) is 14.4 Å². The van der Waals surface area contributed by atoms with E-state index in [1.165, 1.54) is 24.3 Å². The Morgan fingerprint density at radius 1 is 1.03 bits per heavy atom. The van der Waals surface area contributed by atoms with Gasteiger partial charge in [-0.15, -0.1) is 11.3 Å². The van der Waals surface area contributed by atoms with E-state index >= 15 is 0 Å². The van der Waals surface area contributed by atoms with Gasteiger partial charge in [0, 0.05) is 16.6 Å². The molecule has 0 aliphatic rings. The van der Waals surface area contributed by atoms with Gasteiger partial charge in [0.25, 0.3) is 5.91 Å². The molecule has 0 radical (unpaired) electrons. The van der Waals surface area contributed by atoms with Crippen molar-refractivity contribution in [2.45, 2.75) is 13.5 Å². The summed E-state index contributed by atoms with van der Waals surface area (Å²) < 4.78 is 10.6. The Morgan fingerprint density at radius 2 is 1.70 bits per heavy atom. The predicted molar refractivity (Wildman–Crippen MR) is 111 cm³/mol. The molecule has 154 valence electrons. The minimum absolute atomic E-state index is 0.297. The number of aromatic nitrogens is 1. The van der Waals surface area contributed by atoms with Crippen LogP contribution in [0.5, 0.6) is 5.75 Å². The van der Waals surface area contributed by atoms with Crippen molar-refractivity contribution in [2.75, 3.05) is 11.9 Å². The molecular formula is C21H19N3O5S. The number of ether oxygens (including phenoxy) is 2. The summed E-state index contributed by atoms with van der Waals surface area (Å²) in [6, 6.07) is 12.5. The van der Waals surface area contributed by atoms with Crippen molar-refractivity contribution < 1.29 is 23.9 Å². The maximum absolute atomic E-state index is 12.1. The van der Waals surface area contributed by atoms with Gasteiger partial charge in [-0.25, -0.2) is 9.78 Å². The second-order valence-electron chi connectivity index (χ2n) is 6.24. The minimum atomic E-state index is -0.629. The second-order valence-corrected chi connectivity index (χ2v) is 7.30. The number of nitrogens with zero attached hydrogens (tertiary/aromatic N) is 1. The summed E-state index contributed by atoms with van der Waals surface area (Å²) in [5.41, 5.74) is 7.09. The molecule has 0 atom stereocenters. The topological polar surface area (TPSA) is 121 Å². The van der Waals surface area contributed by atoms with Crippen molar-refractivity contribution in [3.05, 3.63) is 75.7 Å². The number of carbonyl (C=O) groups excluding carboxylic acids is 3. The van der Waals surface area contributed by atoms with E-state index in [1.54, 1.807) is 35.6 Å². The zero-order chi connectivity index (χ0) is 21.5. The lowest BCUT2D eigenvalue weighted by Gasteiger charge is -2.08. The first-order valence-corrected chi connectivity index (χ1v) is 9.79. The third-order valence-corrected chi connectivity index (χ3v) is 4.75. The number of esters is 1. The molecule has 0 saturated carbocycles. The van der Waals surface area contributed by atoms with Crippen LogP contribution in [-0.4, -0.2) is 29.4 Å². The molecule has 2 aromatic carbocycles. The second kappa shape index (κ2) is 9.66. The van der Waals surface area contributed by atoms with Crippen molar-refractivity contribution in [2.24, 2.45) is 5.73 Å². The van der Waals surface area contributed by atoms with Gasteiger partial charge < -0.3 is 20.5 Å². The number of amides is 2. The van der Waals surface area contributed by atoms with Gasteiger partial charge in [0.05, 0.1) is 16.3 Å². The van der Waals surface area contributed by atoms with Gasteiger partial charge >= 0.3 is 5.97 Å². The van der Waals surface area contributed by atoms with E-state index < -0.39 is 24.4 Å². The van der Waals surface area contributed by atoms with Gasteiger partial charge in [0.1, 0.15) is 12.4 Å². The fourth-order valence-electron chi connectivity index (χ4n) is 2.45. The largest absolute Gasteiger partial charge is 0.487 e. The zero-order valence-corrected chi connectivity index (χ0v) is 16.9. The van der Waals surface area contributed by atoms with Crippen LogP contribution >= 0.6 is 11.3 Å². The summed E-state index contributed by atoms with van der Waals surface area (Å²) >= 11 is 1.55. The van der Waals surface area contributed by atoms with Crippen LogP contribution in [0, 0.1) is 6.92 Å². The molecule has 3 rings (SSSR count). The highest BCUT2D eigenvalue weighted by atomic mass is 32.1. The monoisotopic (exact) mass is 425 g/mol. The number of thiazole rings is 1. The van der Waals surface area contributed by atoms with Crippen LogP contribution < -0.4 is 15.8 Å². The first kappa shape index (κ1) is 21.0. The number of primary amides is 1. The molecule has 0 spiro atoms. The van der Waals surface area contributed by atoms with Crippen molar-refractivity contribution in [3.8, 4) is 5.75 Å². The van der Waals surface area contributed by atoms with E-state index in [-0.39, 0.29) is 0 Å². The highest BCUT2D eigenvalue weighted by molar-refractivity contribution is 7.09. The molecule has 0 saturated heterocycles. The van der Waals surface area contributed by atoms with Crippen LogP contribution in [0.2, 0.25) is 0 Å². The lowest BCUT2D eigenvalue weighted by molar-refractivity contribution is -0.119. The maximum Gasteiger partial charge on any atom is 0.338 e. The average Bonchev–Trinajstić information content (AvgIpc) is 3.16. The van der Waals surface area contributed by atoms with Crippen LogP contribution in [0.4, 0.5) is 5.69 Å². The Kier molecular flexibility index (Phi) is 6.76. The standard InChI is InChI=1S/C21H19N3O5S/c1-13-23-17(12-30-13)10-28-18-8-4-15(5-9-18)21(27)29-11-19(25)24-16-6-2-14(3-7-16)20(22)26/h2-9,12H,10-11H2,1H3,(H2,22,26)(H,24,25). The van der Waals surface area contributed by atoms with Gasteiger partial charge in [0.15, 0.2) is 6.61 Å². The number of anilines is 1. The molecule has 3 N–H and O–H groups in total. The Hall–Kier alpha value is -3.72. The van der Waals surface area contributed by atoms with Crippen molar-refractivity contribution in [1.29, 1.82) is 0 Å². The van der Waals surface area contributed by atoms with Gasteiger partial charge in [-0.1, -0.05) is 0 Å². The average molecular weight is 425 g/mol. The molecule has 30 heavy (non-hydrogen) atoms. The van der Waals surface area contributed by atoms with Crippen LogP contribution in [0.1, 0.15) is 31.4 Å². The van der Waals surface area contributed by atoms with Crippen molar-refractivity contribution >= 4 is 34.8 Å². The number of rotatable bonds is 8. The number of nitrogens with two attached hydrogens (primary N) is 1.